The van der Waals surface area contributed by atoms with Crippen molar-refractivity contribution in [2.45, 2.75) is 32.7 Å². The van der Waals surface area contributed by atoms with Gasteiger partial charge in [0, 0.05) is 32.6 Å². The minimum Gasteiger partial charge on any atom is -0.492 e. The fraction of sp³-hybridized carbons (Fsp3) is 0.682. The summed E-state index contributed by atoms with van der Waals surface area (Å²) in [6.07, 6.45) is 3.04. The standard InChI is InChI=1S/C22H35N3O3.2ClH/c1-18(20-5-3-7-23-17-20)14-22(26)24-16-19-4-2-6-21(15-19)28-13-10-25-8-11-27-12-9-25;;/h2,4,6,15,18,20,23H,3,5,7-14,16-17H2,1H3,(H,24,26);2*1H. The third-order valence-electron chi connectivity index (χ3n) is 5.82. The van der Waals surface area contributed by atoms with Crippen LogP contribution in [0.15, 0.2) is 24.3 Å². The van der Waals surface area contributed by atoms with Crippen molar-refractivity contribution in [1.82, 2.24) is 15.5 Å². The third kappa shape index (κ3) is 9.40. The number of amides is 1. The van der Waals surface area contributed by atoms with Gasteiger partial charge in [-0.3, -0.25) is 9.69 Å². The highest BCUT2D eigenvalue weighted by Gasteiger charge is 2.21. The molecule has 1 aromatic rings. The van der Waals surface area contributed by atoms with Crippen molar-refractivity contribution < 1.29 is 14.3 Å². The zero-order valence-corrected chi connectivity index (χ0v) is 19.6. The van der Waals surface area contributed by atoms with Crippen molar-refractivity contribution in [3.63, 3.8) is 0 Å². The molecule has 0 radical (unpaired) electrons. The lowest BCUT2D eigenvalue weighted by atomic mass is 9.85. The Balaban J connectivity index is 0.00000225. The van der Waals surface area contributed by atoms with Crippen molar-refractivity contribution in [3.05, 3.63) is 29.8 Å². The second kappa shape index (κ2) is 14.9. The van der Waals surface area contributed by atoms with Gasteiger partial charge in [0.2, 0.25) is 5.91 Å². The predicted octanol–water partition coefficient (Wildman–Crippen LogP) is 2.88. The molecule has 0 aromatic heterocycles. The first-order chi connectivity index (χ1) is 13.7. The molecule has 2 aliphatic rings. The van der Waals surface area contributed by atoms with E-state index in [4.69, 9.17) is 9.47 Å². The molecular formula is C22H37Cl2N3O3. The summed E-state index contributed by atoms with van der Waals surface area (Å²) in [4.78, 5) is 14.7. The summed E-state index contributed by atoms with van der Waals surface area (Å²) >= 11 is 0. The van der Waals surface area contributed by atoms with Crippen LogP contribution in [0.1, 0.15) is 31.7 Å². The summed E-state index contributed by atoms with van der Waals surface area (Å²) in [6, 6.07) is 8.02. The number of nitrogens with one attached hydrogen (secondary N) is 2. The van der Waals surface area contributed by atoms with Crippen molar-refractivity contribution in [1.29, 1.82) is 0 Å². The molecule has 2 atom stereocenters. The maximum absolute atomic E-state index is 12.3. The average Bonchev–Trinajstić information content (AvgIpc) is 2.74. The maximum atomic E-state index is 12.3. The van der Waals surface area contributed by atoms with Gasteiger partial charge in [-0.15, -0.1) is 24.8 Å². The fourth-order valence-corrected chi connectivity index (χ4v) is 3.96. The number of piperidine rings is 1. The molecule has 2 aliphatic heterocycles. The number of morpholine rings is 1. The Morgan fingerprint density at radius 3 is 2.87 bits per heavy atom. The molecule has 0 bridgehead atoms. The quantitative estimate of drug-likeness (QED) is 0.591. The Morgan fingerprint density at radius 2 is 2.13 bits per heavy atom. The molecule has 6 nitrogen and oxygen atoms in total. The molecule has 0 spiro atoms. The number of hydrogen-bond acceptors (Lipinski definition) is 5. The molecule has 1 aromatic carbocycles. The molecule has 2 fully saturated rings. The van der Waals surface area contributed by atoms with Gasteiger partial charge in [-0.1, -0.05) is 19.1 Å². The lowest BCUT2D eigenvalue weighted by molar-refractivity contribution is -0.122. The molecule has 3 rings (SSSR count). The van der Waals surface area contributed by atoms with Gasteiger partial charge < -0.3 is 20.1 Å². The molecule has 8 heteroatoms. The lowest BCUT2D eigenvalue weighted by Crippen LogP contribution is -2.38. The Morgan fingerprint density at radius 1 is 1.33 bits per heavy atom. The Hall–Kier alpha value is -1.05. The van der Waals surface area contributed by atoms with E-state index in [9.17, 15) is 4.79 Å². The van der Waals surface area contributed by atoms with Gasteiger partial charge >= 0.3 is 0 Å². The summed E-state index contributed by atoms with van der Waals surface area (Å²) in [6.45, 7) is 10.1. The number of rotatable bonds is 9. The topological polar surface area (TPSA) is 62.8 Å². The van der Waals surface area contributed by atoms with E-state index in [-0.39, 0.29) is 30.7 Å². The van der Waals surface area contributed by atoms with Crippen LogP contribution in [0, 0.1) is 11.8 Å². The highest BCUT2D eigenvalue weighted by molar-refractivity contribution is 5.85. The zero-order chi connectivity index (χ0) is 19.6. The molecule has 2 unspecified atom stereocenters. The molecule has 0 aliphatic carbocycles. The number of ether oxygens (including phenoxy) is 2. The van der Waals surface area contributed by atoms with Gasteiger partial charge in [-0.05, 0) is 55.5 Å². The van der Waals surface area contributed by atoms with Crippen LogP contribution in [0.2, 0.25) is 0 Å². The summed E-state index contributed by atoms with van der Waals surface area (Å²) in [5, 5.41) is 6.50. The van der Waals surface area contributed by atoms with Gasteiger partial charge in [0.1, 0.15) is 12.4 Å². The minimum absolute atomic E-state index is 0. The van der Waals surface area contributed by atoms with Crippen molar-refractivity contribution in [3.8, 4) is 5.75 Å². The predicted molar refractivity (Wildman–Crippen MR) is 125 cm³/mol. The second-order valence-corrected chi connectivity index (χ2v) is 8.01. The number of hydrogen-bond donors (Lipinski definition) is 2. The average molecular weight is 462 g/mol. The Labute approximate surface area is 193 Å². The minimum atomic E-state index is 0. The SMILES string of the molecule is CC(CC(=O)NCc1cccc(OCCN2CCOCC2)c1)C1CCCNC1.Cl.Cl. The number of halogens is 2. The highest BCUT2D eigenvalue weighted by Crippen LogP contribution is 2.22. The van der Waals surface area contributed by atoms with Gasteiger partial charge in [-0.25, -0.2) is 0 Å². The molecule has 1 amide bonds. The van der Waals surface area contributed by atoms with Crippen molar-refractivity contribution in [2.75, 3.05) is 52.5 Å². The number of carbonyl (C=O) groups is 1. The molecule has 2 heterocycles. The Kier molecular flexibility index (Phi) is 13.4. The van der Waals surface area contributed by atoms with Gasteiger partial charge in [0.25, 0.3) is 0 Å². The van der Waals surface area contributed by atoms with Gasteiger partial charge in [0.05, 0.1) is 13.2 Å². The van der Waals surface area contributed by atoms with Crippen LogP contribution in [0.4, 0.5) is 0 Å². The van der Waals surface area contributed by atoms with Gasteiger partial charge in [-0.2, -0.15) is 0 Å². The van der Waals surface area contributed by atoms with Crippen LogP contribution in [0.5, 0.6) is 5.75 Å². The van der Waals surface area contributed by atoms with Gasteiger partial charge in [0.15, 0.2) is 0 Å². The van der Waals surface area contributed by atoms with Crippen LogP contribution in [0.3, 0.4) is 0 Å². The zero-order valence-electron chi connectivity index (χ0n) is 17.9. The third-order valence-corrected chi connectivity index (χ3v) is 5.82. The first-order valence-electron chi connectivity index (χ1n) is 10.7. The molecular weight excluding hydrogens is 425 g/mol. The van der Waals surface area contributed by atoms with E-state index in [1.807, 2.05) is 24.3 Å². The van der Waals surface area contributed by atoms with E-state index >= 15 is 0 Å². The summed E-state index contributed by atoms with van der Waals surface area (Å²) in [5.74, 6) is 2.03. The van der Waals surface area contributed by atoms with Crippen LogP contribution in [-0.2, 0) is 16.1 Å². The molecule has 2 N–H and O–H groups in total. The summed E-state index contributed by atoms with van der Waals surface area (Å²) in [5.41, 5.74) is 1.07. The molecule has 172 valence electrons. The Bertz CT molecular complexity index is 609. The van der Waals surface area contributed by atoms with Crippen LogP contribution in [0.25, 0.3) is 0 Å². The van der Waals surface area contributed by atoms with E-state index in [1.54, 1.807) is 0 Å². The van der Waals surface area contributed by atoms with Crippen LogP contribution >= 0.6 is 24.8 Å². The first kappa shape index (κ1) is 27.0. The molecule has 0 saturated carbocycles. The fourth-order valence-electron chi connectivity index (χ4n) is 3.96. The van der Waals surface area contributed by atoms with Crippen molar-refractivity contribution >= 4 is 30.7 Å². The summed E-state index contributed by atoms with van der Waals surface area (Å²) in [7, 11) is 0. The lowest BCUT2D eigenvalue weighted by Gasteiger charge is -2.28. The van der Waals surface area contributed by atoms with Crippen LogP contribution in [-0.4, -0.2) is 63.4 Å². The number of benzene rings is 1. The van der Waals surface area contributed by atoms with E-state index < -0.39 is 0 Å². The molecule has 2 saturated heterocycles. The van der Waals surface area contributed by atoms with E-state index in [1.165, 1.54) is 12.8 Å². The van der Waals surface area contributed by atoms with E-state index in [0.717, 1.165) is 57.3 Å². The van der Waals surface area contributed by atoms with E-state index in [0.29, 0.717) is 31.4 Å². The maximum Gasteiger partial charge on any atom is 0.220 e. The highest BCUT2D eigenvalue weighted by atomic mass is 35.5. The smallest absolute Gasteiger partial charge is 0.220 e. The van der Waals surface area contributed by atoms with Crippen molar-refractivity contribution in [2.24, 2.45) is 11.8 Å². The summed E-state index contributed by atoms with van der Waals surface area (Å²) < 4.78 is 11.3. The second-order valence-electron chi connectivity index (χ2n) is 8.01. The van der Waals surface area contributed by atoms with E-state index in [2.05, 4.69) is 22.5 Å². The number of carbonyl (C=O) groups excluding carboxylic acids is 1. The monoisotopic (exact) mass is 461 g/mol. The molecule has 30 heavy (non-hydrogen) atoms. The normalized spacial score (nSPS) is 20.4. The van der Waals surface area contributed by atoms with Crippen LogP contribution < -0.4 is 15.4 Å². The largest absolute Gasteiger partial charge is 0.492 e. The first-order valence-corrected chi connectivity index (χ1v) is 10.7. The number of nitrogens with zero attached hydrogens (tertiary/aromatic N) is 1.